The molecule has 0 unspecified atom stereocenters. The fourth-order valence-electron chi connectivity index (χ4n) is 3.59. The van der Waals surface area contributed by atoms with Crippen LogP contribution in [0.15, 0.2) is 107 Å². The highest BCUT2D eigenvalue weighted by Gasteiger charge is 2.25. The molecule has 1 aromatic heterocycles. The summed E-state index contributed by atoms with van der Waals surface area (Å²) in [7, 11) is -3.95. The molecule has 8 heteroatoms. The minimum Gasteiger partial charge on any atom is -0.325 e. The van der Waals surface area contributed by atoms with Crippen molar-refractivity contribution >= 4 is 55.2 Å². The largest absolute Gasteiger partial charge is 0.325 e. The van der Waals surface area contributed by atoms with Crippen molar-refractivity contribution < 1.29 is 13.2 Å². The molecule has 0 aliphatic heterocycles. The molecule has 1 heterocycles. The Balaban J connectivity index is 1.51. The number of nitrogens with zero attached hydrogens (tertiary/aromatic N) is 2. The van der Waals surface area contributed by atoms with Crippen molar-refractivity contribution in [2.24, 2.45) is 0 Å². The monoisotopic (exact) mass is 473 g/mol. The second-order valence-corrected chi connectivity index (χ2v) is 10.1. The molecular formula is C25H19N3O3S2. The molecule has 0 saturated heterocycles. The maximum Gasteiger partial charge on any atom is 0.270 e. The number of hydrogen-bond donors (Lipinski definition) is 1. The number of aromatic nitrogens is 2. The van der Waals surface area contributed by atoms with Gasteiger partial charge in [0.05, 0.1) is 21.7 Å². The molecule has 33 heavy (non-hydrogen) atoms. The van der Waals surface area contributed by atoms with Gasteiger partial charge in [0, 0.05) is 5.69 Å². The number of fused-ring (bicyclic) bond motifs is 2. The van der Waals surface area contributed by atoms with Gasteiger partial charge in [0.2, 0.25) is 5.91 Å². The minimum absolute atomic E-state index is 0.0193. The van der Waals surface area contributed by atoms with Gasteiger partial charge in [0.25, 0.3) is 10.0 Å². The first kappa shape index (κ1) is 21.2. The van der Waals surface area contributed by atoms with E-state index in [9.17, 15) is 13.2 Å². The average molecular weight is 474 g/mol. The smallest absolute Gasteiger partial charge is 0.270 e. The van der Waals surface area contributed by atoms with Gasteiger partial charge in [0.1, 0.15) is 0 Å². The van der Waals surface area contributed by atoms with Crippen LogP contribution in [0.5, 0.6) is 0 Å². The molecule has 0 aliphatic carbocycles. The molecule has 5 aromatic rings. The highest BCUT2D eigenvalue weighted by atomic mass is 32.2. The third-order valence-corrected chi connectivity index (χ3v) is 7.89. The first-order chi connectivity index (χ1) is 16.0. The van der Waals surface area contributed by atoms with Gasteiger partial charge in [-0.15, -0.1) is 0 Å². The number of imidazole rings is 1. The average Bonchev–Trinajstić information content (AvgIpc) is 3.22. The maximum absolute atomic E-state index is 13.7. The lowest BCUT2D eigenvalue weighted by Crippen LogP contribution is -2.17. The van der Waals surface area contributed by atoms with Gasteiger partial charge in [-0.05, 0) is 47.2 Å². The SMILES string of the molecule is O=C(CSc1nc2ccccc2n1S(=O)(=O)c1ccc2ccccc2c1)Nc1ccccc1. The van der Waals surface area contributed by atoms with Crippen LogP contribution in [0.4, 0.5) is 5.69 Å². The summed E-state index contributed by atoms with van der Waals surface area (Å²) in [5.41, 5.74) is 1.70. The lowest BCUT2D eigenvalue weighted by atomic mass is 10.1. The molecule has 0 aliphatic rings. The number of nitrogens with one attached hydrogen (secondary N) is 1. The van der Waals surface area contributed by atoms with E-state index in [1.54, 1.807) is 54.6 Å². The van der Waals surface area contributed by atoms with Gasteiger partial charge in [0.15, 0.2) is 5.16 Å². The highest BCUT2D eigenvalue weighted by molar-refractivity contribution is 8.00. The predicted molar refractivity (Wildman–Crippen MR) is 132 cm³/mol. The fourth-order valence-corrected chi connectivity index (χ4v) is 6.14. The van der Waals surface area contributed by atoms with Crippen molar-refractivity contribution in [3.05, 3.63) is 97.1 Å². The van der Waals surface area contributed by atoms with Gasteiger partial charge in [-0.2, -0.15) is 0 Å². The van der Waals surface area contributed by atoms with Crippen LogP contribution < -0.4 is 5.32 Å². The predicted octanol–water partition coefficient (Wildman–Crippen LogP) is 5.16. The highest BCUT2D eigenvalue weighted by Crippen LogP contribution is 2.30. The summed E-state index contributed by atoms with van der Waals surface area (Å²) in [5.74, 6) is -0.223. The van der Waals surface area contributed by atoms with Gasteiger partial charge in [-0.3, -0.25) is 4.79 Å². The number of hydrogen-bond acceptors (Lipinski definition) is 5. The topological polar surface area (TPSA) is 81.1 Å². The Kier molecular flexibility index (Phi) is 5.62. The second kappa shape index (κ2) is 8.73. The molecule has 164 valence electrons. The van der Waals surface area contributed by atoms with Crippen molar-refractivity contribution in [1.29, 1.82) is 0 Å². The molecule has 0 bridgehead atoms. The van der Waals surface area contributed by atoms with Crippen molar-refractivity contribution in [3.63, 3.8) is 0 Å². The summed E-state index contributed by atoms with van der Waals surface area (Å²) in [6.07, 6.45) is 0. The Morgan fingerprint density at radius 2 is 1.55 bits per heavy atom. The summed E-state index contributed by atoms with van der Waals surface area (Å²) in [6, 6.07) is 28.8. The molecular weight excluding hydrogens is 454 g/mol. The van der Waals surface area contributed by atoms with E-state index in [0.29, 0.717) is 16.7 Å². The van der Waals surface area contributed by atoms with Crippen LogP contribution in [0, 0.1) is 0 Å². The third-order valence-electron chi connectivity index (χ3n) is 5.14. The zero-order valence-corrected chi connectivity index (χ0v) is 19.0. The maximum atomic E-state index is 13.7. The van der Waals surface area contributed by atoms with Crippen molar-refractivity contribution in [3.8, 4) is 0 Å². The summed E-state index contributed by atoms with van der Waals surface area (Å²) < 4.78 is 28.7. The Bertz CT molecular complexity index is 1580. The van der Waals surface area contributed by atoms with Crippen LogP contribution in [0.2, 0.25) is 0 Å². The fraction of sp³-hybridized carbons (Fsp3) is 0.0400. The van der Waals surface area contributed by atoms with Gasteiger partial charge >= 0.3 is 0 Å². The standard InChI is InChI=1S/C25H19N3O3S2/c29-24(26-20-10-2-1-3-11-20)17-32-25-27-22-12-6-7-13-23(22)28(25)33(30,31)21-15-14-18-8-4-5-9-19(18)16-21/h1-16H,17H2,(H,26,29). The lowest BCUT2D eigenvalue weighted by molar-refractivity contribution is -0.113. The first-order valence-electron chi connectivity index (χ1n) is 10.2. The summed E-state index contributed by atoms with van der Waals surface area (Å²) in [5, 5.41) is 4.84. The number of thioether (sulfide) groups is 1. The molecule has 0 saturated carbocycles. The van der Waals surface area contributed by atoms with E-state index in [4.69, 9.17) is 0 Å². The molecule has 4 aromatic carbocycles. The first-order valence-corrected chi connectivity index (χ1v) is 12.6. The second-order valence-electron chi connectivity index (χ2n) is 7.36. The quantitative estimate of drug-likeness (QED) is 0.345. The number of benzene rings is 4. The number of anilines is 1. The minimum atomic E-state index is -3.95. The molecule has 0 fully saturated rings. The van der Waals surface area contributed by atoms with Crippen LogP contribution >= 0.6 is 11.8 Å². The van der Waals surface area contributed by atoms with E-state index in [1.165, 1.54) is 3.97 Å². The number of rotatable bonds is 6. The summed E-state index contributed by atoms with van der Waals surface area (Å²) in [6.45, 7) is 0. The lowest BCUT2D eigenvalue weighted by Gasteiger charge is -2.11. The van der Waals surface area contributed by atoms with Crippen molar-refractivity contribution in [2.45, 2.75) is 10.1 Å². The van der Waals surface area contributed by atoms with Crippen LogP contribution in [0.1, 0.15) is 0 Å². The Labute approximate surface area is 195 Å². The van der Waals surface area contributed by atoms with E-state index >= 15 is 0 Å². The number of para-hydroxylation sites is 3. The summed E-state index contributed by atoms with van der Waals surface area (Å²) >= 11 is 1.09. The number of amides is 1. The van der Waals surface area contributed by atoms with E-state index in [0.717, 1.165) is 22.5 Å². The Morgan fingerprint density at radius 3 is 2.36 bits per heavy atom. The molecule has 6 nitrogen and oxygen atoms in total. The molecule has 1 amide bonds. The van der Waals surface area contributed by atoms with Crippen LogP contribution in [0.25, 0.3) is 21.8 Å². The van der Waals surface area contributed by atoms with E-state index < -0.39 is 10.0 Å². The van der Waals surface area contributed by atoms with Crippen LogP contribution in [0.3, 0.4) is 0 Å². The van der Waals surface area contributed by atoms with E-state index in [1.807, 2.05) is 42.5 Å². The number of carbonyl (C=O) groups is 1. The zero-order valence-electron chi connectivity index (χ0n) is 17.4. The number of carbonyl (C=O) groups excluding carboxylic acids is 1. The summed E-state index contributed by atoms with van der Waals surface area (Å²) in [4.78, 5) is 17.1. The zero-order chi connectivity index (χ0) is 22.8. The van der Waals surface area contributed by atoms with Crippen molar-refractivity contribution in [2.75, 3.05) is 11.1 Å². The molecule has 0 spiro atoms. The van der Waals surface area contributed by atoms with Gasteiger partial charge < -0.3 is 5.32 Å². The normalized spacial score (nSPS) is 11.6. The molecule has 0 radical (unpaired) electrons. The van der Waals surface area contributed by atoms with Crippen molar-refractivity contribution in [1.82, 2.24) is 8.96 Å². The van der Waals surface area contributed by atoms with E-state index in [2.05, 4.69) is 10.3 Å². The van der Waals surface area contributed by atoms with Crippen LogP contribution in [-0.4, -0.2) is 29.0 Å². The molecule has 0 atom stereocenters. The van der Waals surface area contributed by atoms with Gasteiger partial charge in [-0.1, -0.05) is 72.4 Å². The van der Waals surface area contributed by atoms with Gasteiger partial charge in [-0.25, -0.2) is 17.4 Å². The van der Waals surface area contributed by atoms with E-state index in [-0.39, 0.29) is 21.7 Å². The van der Waals surface area contributed by atoms with Crippen LogP contribution in [-0.2, 0) is 14.8 Å². The third kappa shape index (κ3) is 4.22. The Morgan fingerprint density at radius 1 is 0.848 bits per heavy atom. The molecule has 1 N–H and O–H groups in total. The molecule has 5 rings (SSSR count). The Hall–Kier alpha value is -3.62.